The SMILES string of the molecule is FC(F)(F)Oc1ccc(Cn2cc(CCCl)nn2)cc1. The number of hydrogen-bond donors (Lipinski definition) is 0. The molecule has 4 nitrogen and oxygen atoms in total. The van der Waals surface area contributed by atoms with Crippen LogP contribution >= 0.6 is 11.6 Å². The predicted molar refractivity (Wildman–Crippen MR) is 66.7 cm³/mol. The summed E-state index contributed by atoms with van der Waals surface area (Å²) < 4.78 is 41.4. The Morgan fingerprint density at radius 2 is 1.90 bits per heavy atom. The van der Waals surface area contributed by atoms with E-state index in [9.17, 15) is 13.2 Å². The third-order valence-electron chi connectivity index (χ3n) is 2.44. The Morgan fingerprint density at radius 1 is 1.20 bits per heavy atom. The normalized spacial score (nSPS) is 11.6. The molecule has 8 heteroatoms. The van der Waals surface area contributed by atoms with Crippen LogP contribution in [0.5, 0.6) is 5.75 Å². The van der Waals surface area contributed by atoms with E-state index < -0.39 is 6.36 Å². The van der Waals surface area contributed by atoms with Crippen LogP contribution in [0.25, 0.3) is 0 Å². The van der Waals surface area contributed by atoms with Crippen molar-refractivity contribution in [2.24, 2.45) is 0 Å². The zero-order valence-corrected chi connectivity index (χ0v) is 11.0. The molecule has 0 saturated carbocycles. The first-order valence-corrected chi connectivity index (χ1v) is 6.29. The van der Waals surface area contributed by atoms with Gasteiger partial charge >= 0.3 is 6.36 Å². The van der Waals surface area contributed by atoms with Crippen LogP contribution in [0.3, 0.4) is 0 Å². The maximum Gasteiger partial charge on any atom is 0.573 e. The van der Waals surface area contributed by atoms with E-state index in [1.165, 1.54) is 12.1 Å². The zero-order valence-electron chi connectivity index (χ0n) is 10.3. The smallest absolute Gasteiger partial charge is 0.406 e. The van der Waals surface area contributed by atoms with E-state index in [1.54, 1.807) is 23.0 Å². The van der Waals surface area contributed by atoms with E-state index in [1.807, 2.05) is 0 Å². The molecule has 0 aliphatic heterocycles. The number of ether oxygens (including phenoxy) is 1. The summed E-state index contributed by atoms with van der Waals surface area (Å²) >= 11 is 5.59. The number of nitrogens with zero attached hydrogens (tertiary/aromatic N) is 3. The maximum atomic E-state index is 12.0. The molecular weight excluding hydrogens is 295 g/mol. The molecule has 0 aliphatic carbocycles. The highest BCUT2D eigenvalue weighted by Gasteiger charge is 2.30. The number of hydrogen-bond acceptors (Lipinski definition) is 3. The average molecular weight is 306 g/mol. The van der Waals surface area contributed by atoms with E-state index in [0.717, 1.165) is 11.3 Å². The number of aryl methyl sites for hydroxylation is 1. The van der Waals surface area contributed by atoms with Crippen molar-refractivity contribution in [3.05, 3.63) is 41.7 Å². The lowest BCUT2D eigenvalue weighted by molar-refractivity contribution is -0.274. The summed E-state index contributed by atoms with van der Waals surface area (Å²) in [5, 5.41) is 7.83. The van der Waals surface area contributed by atoms with Gasteiger partial charge in [0, 0.05) is 18.5 Å². The van der Waals surface area contributed by atoms with Crippen LogP contribution in [0.4, 0.5) is 13.2 Å². The van der Waals surface area contributed by atoms with Gasteiger partial charge in [0.2, 0.25) is 0 Å². The van der Waals surface area contributed by atoms with Crippen LogP contribution in [-0.4, -0.2) is 27.2 Å². The fraction of sp³-hybridized carbons (Fsp3) is 0.333. The van der Waals surface area contributed by atoms with Gasteiger partial charge in [-0.3, -0.25) is 0 Å². The second-order valence-corrected chi connectivity index (χ2v) is 4.42. The number of alkyl halides is 4. The average Bonchev–Trinajstić information content (AvgIpc) is 2.78. The van der Waals surface area contributed by atoms with E-state index in [-0.39, 0.29) is 5.75 Å². The first kappa shape index (κ1) is 14.6. The summed E-state index contributed by atoms with van der Waals surface area (Å²) in [6.45, 7) is 0.418. The summed E-state index contributed by atoms with van der Waals surface area (Å²) in [5.41, 5.74) is 1.57. The van der Waals surface area contributed by atoms with Crippen LogP contribution < -0.4 is 4.74 Å². The van der Waals surface area contributed by atoms with Gasteiger partial charge in [-0.1, -0.05) is 17.3 Å². The van der Waals surface area contributed by atoms with Crippen LogP contribution in [0.15, 0.2) is 30.5 Å². The molecule has 0 N–H and O–H groups in total. The lowest BCUT2D eigenvalue weighted by Gasteiger charge is -2.09. The van der Waals surface area contributed by atoms with Gasteiger partial charge in [0.05, 0.1) is 12.2 Å². The molecule has 20 heavy (non-hydrogen) atoms. The van der Waals surface area contributed by atoms with Crippen LogP contribution in [0.1, 0.15) is 11.3 Å². The molecule has 1 aromatic heterocycles. The summed E-state index contributed by atoms with van der Waals surface area (Å²) in [7, 11) is 0. The summed E-state index contributed by atoms with van der Waals surface area (Å²) in [4.78, 5) is 0. The molecule has 0 atom stereocenters. The summed E-state index contributed by atoms with van der Waals surface area (Å²) in [6, 6.07) is 5.62. The molecular formula is C12H11ClF3N3O. The van der Waals surface area contributed by atoms with Crippen molar-refractivity contribution in [2.75, 3.05) is 5.88 Å². The Labute approximate surface area is 118 Å². The van der Waals surface area contributed by atoms with Gasteiger partial charge in [-0.25, -0.2) is 4.68 Å². The third-order valence-corrected chi connectivity index (χ3v) is 2.63. The Kier molecular flexibility index (Phi) is 4.49. The molecule has 0 unspecified atom stereocenters. The van der Waals surface area contributed by atoms with E-state index in [2.05, 4.69) is 15.0 Å². The fourth-order valence-electron chi connectivity index (χ4n) is 1.61. The highest BCUT2D eigenvalue weighted by Crippen LogP contribution is 2.22. The number of aromatic nitrogens is 3. The molecule has 1 aromatic carbocycles. The lowest BCUT2D eigenvalue weighted by atomic mass is 10.2. The zero-order chi connectivity index (χ0) is 14.6. The Hall–Kier alpha value is -1.76. The molecule has 108 valence electrons. The van der Waals surface area contributed by atoms with Crippen LogP contribution in [0.2, 0.25) is 0 Å². The van der Waals surface area contributed by atoms with E-state index >= 15 is 0 Å². The Bertz CT molecular complexity index is 554. The first-order valence-electron chi connectivity index (χ1n) is 5.76. The highest BCUT2D eigenvalue weighted by molar-refractivity contribution is 6.17. The molecule has 2 rings (SSSR count). The molecule has 0 radical (unpaired) electrons. The van der Waals surface area contributed by atoms with Crippen LogP contribution in [0, 0.1) is 0 Å². The number of rotatable bonds is 5. The Balaban J connectivity index is 1.99. The second kappa shape index (κ2) is 6.13. The monoisotopic (exact) mass is 305 g/mol. The number of halogens is 4. The molecule has 0 aliphatic rings. The largest absolute Gasteiger partial charge is 0.573 e. The van der Waals surface area contributed by atoms with Crippen molar-refractivity contribution in [2.45, 2.75) is 19.3 Å². The molecule has 0 bridgehead atoms. The Morgan fingerprint density at radius 3 is 2.50 bits per heavy atom. The molecule has 0 spiro atoms. The molecule has 0 saturated heterocycles. The van der Waals surface area contributed by atoms with Crippen LogP contribution in [-0.2, 0) is 13.0 Å². The van der Waals surface area contributed by atoms with Gasteiger partial charge in [0.1, 0.15) is 5.75 Å². The molecule has 0 fully saturated rings. The van der Waals surface area contributed by atoms with Gasteiger partial charge < -0.3 is 4.74 Å². The highest BCUT2D eigenvalue weighted by atomic mass is 35.5. The summed E-state index contributed by atoms with van der Waals surface area (Å²) in [5.74, 6) is 0.213. The topological polar surface area (TPSA) is 39.9 Å². The van der Waals surface area contributed by atoms with Gasteiger partial charge in [-0.15, -0.1) is 29.9 Å². The standard InChI is InChI=1S/C12H11ClF3N3O/c13-6-5-10-8-19(18-17-10)7-9-1-3-11(4-2-9)20-12(14,15)16/h1-4,8H,5-7H2. The van der Waals surface area contributed by atoms with Crippen molar-refractivity contribution in [3.8, 4) is 5.75 Å². The second-order valence-electron chi connectivity index (χ2n) is 4.04. The van der Waals surface area contributed by atoms with Crippen molar-refractivity contribution >= 4 is 11.6 Å². The van der Waals surface area contributed by atoms with Crippen molar-refractivity contribution in [1.29, 1.82) is 0 Å². The van der Waals surface area contributed by atoms with Gasteiger partial charge in [0.15, 0.2) is 0 Å². The maximum absolute atomic E-state index is 12.0. The quantitative estimate of drug-likeness (QED) is 0.797. The lowest BCUT2D eigenvalue weighted by Crippen LogP contribution is -2.17. The third kappa shape index (κ3) is 4.41. The van der Waals surface area contributed by atoms with Gasteiger partial charge in [0.25, 0.3) is 0 Å². The van der Waals surface area contributed by atoms with Gasteiger partial charge in [-0.2, -0.15) is 0 Å². The van der Waals surface area contributed by atoms with E-state index in [0.29, 0.717) is 18.8 Å². The van der Waals surface area contributed by atoms with Gasteiger partial charge in [-0.05, 0) is 17.7 Å². The van der Waals surface area contributed by atoms with E-state index in [4.69, 9.17) is 11.6 Å². The first-order chi connectivity index (χ1) is 9.46. The molecule has 2 aromatic rings. The predicted octanol–water partition coefficient (Wildman–Crippen LogP) is 3.01. The minimum atomic E-state index is -4.68. The van der Waals surface area contributed by atoms with Crippen molar-refractivity contribution in [3.63, 3.8) is 0 Å². The van der Waals surface area contributed by atoms with Crippen molar-refractivity contribution in [1.82, 2.24) is 15.0 Å². The molecule has 0 amide bonds. The minimum absolute atomic E-state index is 0.248. The van der Waals surface area contributed by atoms with Crippen molar-refractivity contribution < 1.29 is 17.9 Å². The summed E-state index contributed by atoms with van der Waals surface area (Å²) in [6.07, 6.45) is -2.30. The number of benzene rings is 1. The fourth-order valence-corrected chi connectivity index (χ4v) is 1.80. The molecule has 1 heterocycles. The minimum Gasteiger partial charge on any atom is -0.406 e.